The largest absolute Gasteiger partial charge is 0.316 e. The van der Waals surface area contributed by atoms with Crippen LogP contribution in [0.5, 0.6) is 0 Å². The summed E-state index contributed by atoms with van der Waals surface area (Å²) in [6.07, 6.45) is 3.54. The smallest absolute Gasteiger partial charge is 0.00149 e. The Morgan fingerprint density at radius 3 is 2.11 bits per heavy atom. The molecule has 0 aliphatic rings. The van der Waals surface area contributed by atoms with Crippen LogP contribution in [0.2, 0.25) is 0 Å². The van der Waals surface area contributed by atoms with E-state index in [-0.39, 0.29) is 0 Å². The van der Waals surface area contributed by atoms with Gasteiger partial charge in [-0.25, -0.2) is 0 Å². The topological polar surface area (TPSA) is 12.0 Å². The highest BCUT2D eigenvalue weighted by Crippen LogP contribution is 2.17. The Bertz CT molecular complexity index is 313. The van der Waals surface area contributed by atoms with Gasteiger partial charge in [-0.05, 0) is 55.3 Å². The van der Waals surface area contributed by atoms with Gasteiger partial charge >= 0.3 is 0 Å². The maximum Gasteiger partial charge on any atom is -0.00149 e. The molecule has 0 aliphatic heterocycles. The second kappa shape index (κ2) is 8.31. The van der Waals surface area contributed by atoms with E-state index in [0.717, 1.165) is 31.3 Å². The van der Waals surface area contributed by atoms with Gasteiger partial charge in [0.25, 0.3) is 0 Å². The summed E-state index contributed by atoms with van der Waals surface area (Å²) in [4.78, 5) is 0. The summed E-state index contributed by atoms with van der Waals surface area (Å²) < 4.78 is 0. The number of hydrogen-bond acceptors (Lipinski definition) is 1. The minimum atomic E-state index is 0.736. The Hall–Kier alpha value is -0.820. The third-order valence-corrected chi connectivity index (χ3v) is 3.71. The van der Waals surface area contributed by atoms with Gasteiger partial charge in [-0.3, -0.25) is 0 Å². The molecule has 18 heavy (non-hydrogen) atoms. The van der Waals surface area contributed by atoms with Gasteiger partial charge in [-0.2, -0.15) is 0 Å². The lowest BCUT2D eigenvalue weighted by molar-refractivity contribution is 0.361. The van der Waals surface area contributed by atoms with Crippen LogP contribution in [0.1, 0.15) is 45.2 Å². The van der Waals surface area contributed by atoms with E-state index in [1.165, 1.54) is 24.0 Å². The lowest BCUT2D eigenvalue weighted by Crippen LogP contribution is -2.28. The second-order valence-electron chi connectivity index (χ2n) is 5.58. The van der Waals surface area contributed by atoms with E-state index in [4.69, 9.17) is 0 Å². The van der Waals surface area contributed by atoms with Gasteiger partial charge in [0.05, 0.1) is 0 Å². The fraction of sp³-hybridized carbons (Fsp3) is 0.647. The first-order chi connectivity index (χ1) is 8.67. The lowest BCUT2D eigenvalue weighted by Gasteiger charge is -2.21. The average molecular weight is 247 g/mol. The van der Waals surface area contributed by atoms with E-state index in [9.17, 15) is 0 Å². The Morgan fingerprint density at radius 2 is 1.61 bits per heavy atom. The van der Waals surface area contributed by atoms with Crippen LogP contribution in [-0.2, 0) is 12.8 Å². The van der Waals surface area contributed by atoms with Gasteiger partial charge in [0.15, 0.2) is 0 Å². The Morgan fingerprint density at radius 1 is 1.00 bits per heavy atom. The molecule has 1 N–H and O–H groups in total. The van der Waals surface area contributed by atoms with Crippen molar-refractivity contribution in [2.75, 3.05) is 13.1 Å². The van der Waals surface area contributed by atoms with Crippen LogP contribution < -0.4 is 5.32 Å². The third-order valence-electron chi connectivity index (χ3n) is 3.71. The molecule has 1 nitrogen and oxygen atoms in total. The molecule has 0 bridgehead atoms. The number of aryl methyl sites for hydroxylation is 1. The molecular weight excluding hydrogens is 218 g/mol. The SMILES string of the molecule is CCCNCC(Cc1ccc(CC)cc1)C(C)C. The van der Waals surface area contributed by atoms with Crippen molar-refractivity contribution >= 4 is 0 Å². The van der Waals surface area contributed by atoms with Gasteiger partial charge in [-0.15, -0.1) is 0 Å². The average Bonchev–Trinajstić information content (AvgIpc) is 2.38. The van der Waals surface area contributed by atoms with E-state index in [0.29, 0.717) is 0 Å². The summed E-state index contributed by atoms with van der Waals surface area (Å²) in [6, 6.07) is 9.14. The molecule has 1 aromatic rings. The number of rotatable bonds is 8. The van der Waals surface area contributed by atoms with Crippen LogP contribution in [0.3, 0.4) is 0 Å². The number of nitrogens with one attached hydrogen (secondary N) is 1. The first-order valence-electron chi connectivity index (χ1n) is 7.45. The quantitative estimate of drug-likeness (QED) is 0.683. The zero-order valence-electron chi connectivity index (χ0n) is 12.5. The van der Waals surface area contributed by atoms with Gasteiger partial charge < -0.3 is 5.32 Å². The fourth-order valence-corrected chi connectivity index (χ4v) is 2.22. The van der Waals surface area contributed by atoms with E-state index >= 15 is 0 Å². The standard InChI is InChI=1S/C17H29N/c1-5-11-18-13-17(14(3)4)12-16-9-7-15(6-2)8-10-16/h7-10,14,17-18H,5-6,11-13H2,1-4H3. The minimum absolute atomic E-state index is 0.736. The monoisotopic (exact) mass is 247 g/mol. The van der Waals surface area contributed by atoms with Crippen LogP contribution in [-0.4, -0.2) is 13.1 Å². The number of hydrogen-bond donors (Lipinski definition) is 1. The summed E-state index contributed by atoms with van der Waals surface area (Å²) in [6.45, 7) is 11.4. The van der Waals surface area contributed by atoms with Gasteiger partial charge in [0.2, 0.25) is 0 Å². The fourth-order valence-electron chi connectivity index (χ4n) is 2.22. The Kier molecular flexibility index (Phi) is 7.04. The van der Waals surface area contributed by atoms with Crippen molar-refractivity contribution in [3.05, 3.63) is 35.4 Å². The molecule has 0 aromatic heterocycles. The van der Waals surface area contributed by atoms with Crippen molar-refractivity contribution in [3.63, 3.8) is 0 Å². The van der Waals surface area contributed by atoms with Gasteiger partial charge in [0.1, 0.15) is 0 Å². The molecule has 0 spiro atoms. The van der Waals surface area contributed by atoms with Crippen molar-refractivity contribution in [3.8, 4) is 0 Å². The van der Waals surface area contributed by atoms with E-state index in [2.05, 4.69) is 57.3 Å². The van der Waals surface area contributed by atoms with E-state index in [1.54, 1.807) is 0 Å². The molecule has 0 heterocycles. The highest BCUT2D eigenvalue weighted by Gasteiger charge is 2.13. The molecule has 1 atom stereocenters. The van der Waals surface area contributed by atoms with Crippen molar-refractivity contribution in [1.82, 2.24) is 5.32 Å². The third kappa shape index (κ3) is 5.22. The lowest BCUT2D eigenvalue weighted by atomic mass is 9.89. The van der Waals surface area contributed by atoms with Crippen LogP contribution in [0, 0.1) is 11.8 Å². The van der Waals surface area contributed by atoms with Crippen LogP contribution >= 0.6 is 0 Å². The Labute approximate surface area is 113 Å². The van der Waals surface area contributed by atoms with Crippen LogP contribution in [0.15, 0.2) is 24.3 Å². The molecule has 0 saturated heterocycles. The highest BCUT2D eigenvalue weighted by molar-refractivity contribution is 5.22. The first kappa shape index (κ1) is 15.2. The molecule has 102 valence electrons. The Balaban J connectivity index is 2.53. The van der Waals surface area contributed by atoms with Crippen molar-refractivity contribution in [2.24, 2.45) is 11.8 Å². The number of benzene rings is 1. The zero-order valence-corrected chi connectivity index (χ0v) is 12.5. The molecule has 0 saturated carbocycles. The highest BCUT2D eigenvalue weighted by atomic mass is 14.9. The second-order valence-corrected chi connectivity index (χ2v) is 5.58. The van der Waals surface area contributed by atoms with Crippen LogP contribution in [0.4, 0.5) is 0 Å². The normalized spacial score (nSPS) is 12.9. The molecule has 0 amide bonds. The molecule has 1 unspecified atom stereocenters. The summed E-state index contributed by atoms with van der Waals surface area (Å²) in [5, 5.41) is 3.56. The first-order valence-corrected chi connectivity index (χ1v) is 7.45. The summed E-state index contributed by atoms with van der Waals surface area (Å²) in [5.41, 5.74) is 2.91. The minimum Gasteiger partial charge on any atom is -0.316 e. The van der Waals surface area contributed by atoms with Crippen molar-refractivity contribution in [2.45, 2.75) is 47.0 Å². The summed E-state index contributed by atoms with van der Waals surface area (Å²) >= 11 is 0. The predicted molar refractivity (Wildman–Crippen MR) is 81.0 cm³/mol. The summed E-state index contributed by atoms with van der Waals surface area (Å²) in [7, 11) is 0. The summed E-state index contributed by atoms with van der Waals surface area (Å²) in [5.74, 6) is 1.48. The van der Waals surface area contributed by atoms with Crippen molar-refractivity contribution < 1.29 is 0 Å². The molecule has 1 aromatic carbocycles. The van der Waals surface area contributed by atoms with E-state index in [1.807, 2.05) is 0 Å². The van der Waals surface area contributed by atoms with Crippen molar-refractivity contribution in [1.29, 1.82) is 0 Å². The molecule has 0 radical (unpaired) electrons. The molecule has 1 heteroatoms. The maximum absolute atomic E-state index is 3.56. The molecular formula is C17H29N. The van der Waals surface area contributed by atoms with Gasteiger partial charge in [0, 0.05) is 0 Å². The molecule has 0 fully saturated rings. The van der Waals surface area contributed by atoms with E-state index < -0.39 is 0 Å². The maximum atomic E-state index is 3.56. The zero-order chi connectivity index (χ0) is 13.4. The predicted octanol–water partition coefficient (Wildman–Crippen LogP) is 4.06. The molecule has 0 aliphatic carbocycles. The molecule has 1 rings (SSSR count). The van der Waals surface area contributed by atoms with Gasteiger partial charge in [-0.1, -0.05) is 52.0 Å². The van der Waals surface area contributed by atoms with Crippen LogP contribution in [0.25, 0.3) is 0 Å².